The summed E-state index contributed by atoms with van der Waals surface area (Å²) in [6.45, 7) is 2.13. The Labute approximate surface area is 107 Å². The summed E-state index contributed by atoms with van der Waals surface area (Å²) in [7, 11) is 1.57. The van der Waals surface area contributed by atoms with E-state index in [-0.39, 0.29) is 5.75 Å². The molecule has 1 atom stereocenters. The van der Waals surface area contributed by atoms with Crippen LogP contribution in [0, 0.1) is 5.92 Å². The maximum absolute atomic E-state index is 9.90. The zero-order chi connectivity index (χ0) is 13.0. The monoisotopic (exact) mass is 246 g/mol. The van der Waals surface area contributed by atoms with Crippen molar-refractivity contribution in [1.82, 2.24) is 0 Å². The fraction of sp³-hybridized carbons (Fsp3) is 0.357. The van der Waals surface area contributed by atoms with Crippen LogP contribution in [-0.4, -0.2) is 18.1 Å². The average Bonchev–Trinajstić information content (AvgIpc) is 2.41. The first-order valence-corrected chi connectivity index (χ1v) is 6.11. The van der Waals surface area contributed by atoms with Crippen LogP contribution in [0.4, 0.5) is 5.69 Å². The molecule has 96 valence electrons. The van der Waals surface area contributed by atoms with E-state index in [4.69, 9.17) is 4.74 Å². The van der Waals surface area contributed by atoms with Crippen molar-refractivity contribution in [2.45, 2.75) is 19.8 Å². The second-order valence-corrected chi connectivity index (χ2v) is 4.25. The average molecular weight is 246 g/mol. The molecule has 2 N–H and O–H groups in total. The summed E-state index contributed by atoms with van der Waals surface area (Å²) < 4.78 is 5.05. The van der Waals surface area contributed by atoms with Crippen LogP contribution in [0.1, 0.15) is 19.8 Å². The fourth-order valence-electron chi connectivity index (χ4n) is 1.95. The summed E-state index contributed by atoms with van der Waals surface area (Å²) in [5, 5.41) is 13.1. The molecule has 0 saturated heterocycles. The smallest absolute Gasteiger partial charge is 0.142 e. The van der Waals surface area contributed by atoms with E-state index in [1.54, 1.807) is 25.4 Å². The number of phenols is 1. The Hall–Kier alpha value is -1.97. The molecule has 1 heterocycles. The van der Waals surface area contributed by atoms with Gasteiger partial charge < -0.3 is 15.2 Å². The second-order valence-electron chi connectivity index (χ2n) is 4.25. The number of aromatic hydroxyl groups is 1. The molecule has 4 nitrogen and oxygen atoms in total. The number of aliphatic imine (C=N–C) groups is 1. The van der Waals surface area contributed by atoms with Crippen molar-refractivity contribution in [3.05, 3.63) is 30.5 Å². The highest BCUT2D eigenvalue weighted by Gasteiger charge is 2.16. The van der Waals surface area contributed by atoms with Gasteiger partial charge in [-0.05, 0) is 25.0 Å². The molecule has 1 aliphatic heterocycles. The van der Waals surface area contributed by atoms with Crippen LogP contribution >= 0.6 is 0 Å². The molecule has 0 saturated carbocycles. The summed E-state index contributed by atoms with van der Waals surface area (Å²) in [5.41, 5.74) is 0.656. The molecule has 1 aliphatic rings. The van der Waals surface area contributed by atoms with Crippen molar-refractivity contribution in [3.63, 3.8) is 0 Å². The minimum Gasteiger partial charge on any atom is -0.506 e. The molecule has 0 bridgehead atoms. The Kier molecular flexibility index (Phi) is 3.87. The predicted molar refractivity (Wildman–Crippen MR) is 73.3 cm³/mol. The number of hydrogen-bond acceptors (Lipinski definition) is 4. The summed E-state index contributed by atoms with van der Waals surface area (Å²) in [4.78, 5) is 4.34. The third-order valence-electron chi connectivity index (χ3n) is 3.09. The maximum Gasteiger partial charge on any atom is 0.142 e. The molecule has 1 aromatic carbocycles. The molecule has 1 unspecified atom stereocenters. The van der Waals surface area contributed by atoms with Crippen LogP contribution in [0.25, 0.3) is 0 Å². The van der Waals surface area contributed by atoms with Gasteiger partial charge in [-0.15, -0.1) is 0 Å². The fourth-order valence-corrected chi connectivity index (χ4v) is 1.95. The molecular formula is C14H18N2O2. The minimum atomic E-state index is 0.168. The van der Waals surface area contributed by atoms with Gasteiger partial charge in [-0.2, -0.15) is 0 Å². The van der Waals surface area contributed by atoms with Crippen LogP contribution < -0.4 is 10.1 Å². The molecular weight excluding hydrogens is 228 g/mol. The quantitative estimate of drug-likeness (QED) is 0.805. The van der Waals surface area contributed by atoms with Crippen molar-refractivity contribution in [2.75, 3.05) is 12.4 Å². The lowest BCUT2D eigenvalue weighted by molar-refractivity contribution is 0.408. The first kappa shape index (κ1) is 12.5. The summed E-state index contributed by atoms with van der Waals surface area (Å²) >= 11 is 0. The number of ether oxygens (including phenoxy) is 1. The molecule has 2 rings (SSSR count). The van der Waals surface area contributed by atoms with Crippen LogP contribution in [0.3, 0.4) is 0 Å². The standard InChI is InChI=1S/C14H18N2O2/c1-3-10-5-4-8-15-14(10)16-12-7-6-11(18-2)9-13(12)17/h4,6-10,17H,3,5H2,1-2H3,(H,15,16). The van der Waals surface area contributed by atoms with Gasteiger partial charge in [-0.1, -0.05) is 13.0 Å². The summed E-state index contributed by atoms with van der Waals surface area (Å²) in [6.07, 6.45) is 5.87. The van der Waals surface area contributed by atoms with E-state index in [9.17, 15) is 5.11 Å². The van der Waals surface area contributed by atoms with Gasteiger partial charge in [0.1, 0.15) is 17.3 Å². The number of benzene rings is 1. The number of amidine groups is 1. The van der Waals surface area contributed by atoms with Crippen LogP contribution in [0.15, 0.2) is 35.5 Å². The Morgan fingerprint density at radius 2 is 2.33 bits per heavy atom. The second kappa shape index (κ2) is 5.58. The number of nitrogens with one attached hydrogen (secondary N) is 1. The van der Waals surface area contributed by atoms with Crippen molar-refractivity contribution in [1.29, 1.82) is 0 Å². The molecule has 0 radical (unpaired) electrons. The number of hydrogen-bond donors (Lipinski definition) is 2. The molecule has 0 aromatic heterocycles. The Morgan fingerprint density at radius 3 is 3.00 bits per heavy atom. The van der Waals surface area contributed by atoms with E-state index in [1.807, 2.05) is 6.07 Å². The summed E-state index contributed by atoms with van der Waals surface area (Å²) in [5.74, 6) is 2.09. The van der Waals surface area contributed by atoms with Crippen LogP contribution in [0.5, 0.6) is 11.5 Å². The van der Waals surface area contributed by atoms with E-state index in [0.717, 1.165) is 18.7 Å². The largest absolute Gasteiger partial charge is 0.506 e. The lowest BCUT2D eigenvalue weighted by Crippen LogP contribution is -2.23. The highest BCUT2D eigenvalue weighted by Crippen LogP contribution is 2.29. The molecule has 0 fully saturated rings. The zero-order valence-corrected chi connectivity index (χ0v) is 10.7. The van der Waals surface area contributed by atoms with E-state index in [1.165, 1.54) is 0 Å². The van der Waals surface area contributed by atoms with Gasteiger partial charge in [-0.25, -0.2) is 4.99 Å². The van der Waals surface area contributed by atoms with E-state index in [0.29, 0.717) is 17.4 Å². The zero-order valence-electron chi connectivity index (χ0n) is 10.7. The van der Waals surface area contributed by atoms with Crippen molar-refractivity contribution >= 4 is 11.5 Å². The molecule has 18 heavy (non-hydrogen) atoms. The van der Waals surface area contributed by atoms with Gasteiger partial charge in [0.15, 0.2) is 0 Å². The highest BCUT2D eigenvalue weighted by molar-refractivity contribution is 5.99. The van der Waals surface area contributed by atoms with Gasteiger partial charge >= 0.3 is 0 Å². The predicted octanol–water partition coefficient (Wildman–Crippen LogP) is 3.15. The normalized spacial score (nSPS) is 18.3. The Bertz CT molecular complexity index is 481. The number of rotatable bonds is 3. The van der Waals surface area contributed by atoms with E-state index in [2.05, 4.69) is 23.3 Å². The molecule has 1 aromatic rings. The number of methoxy groups -OCH3 is 1. The highest BCUT2D eigenvalue weighted by atomic mass is 16.5. The van der Waals surface area contributed by atoms with Gasteiger partial charge in [0.05, 0.1) is 12.8 Å². The lowest BCUT2D eigenvalue weighted by atomic mass is 9.99. The topological polar surface area (TPSA) is 53.9 Å². The Balaban J connectivity index is 2.18. The van der Waals surface area contributed by atoms with E-state index < -0.39 is 0 Å². The third kappa shape index (κ3) is 2.64. The number of anilines is 1. The van der Waals surface area contributed by atoms with Crippen molar-refractivity contribution in [2.24, 2.45) is 10.9 Å². The molecule has 0 amide bonds. The Morgan fingerprint density at radius 1 is 1.50 bits per heavy atom. The number of allylic oxidation sites excluding steroid dienone is 1. The first-order valence-electron chi connectivity index (χ1n) is 6.11. The van der Waals surface area contributed by atoms with Crippen molar-refractivity contribution in [3.8, 4) is 11.5 Å². The number of nitrogens with zero attached hydrogens (tertiary/aromatic N) is 1. The van der Waals surface area contributed by atoms with E-state index >= 15 is 0 Å². The maximum atomic E-state index is 9.90. The SMILES string of the molecule is CCC1CC=CN=C1Nc1ccc(OC)cc1O. The van der Waals surface area contributed by atoms with Crippen LogP contribution in [-0.2, 0) is 0 Å². The lowest BCUT2D eigenvalue weighted by Gasteiger charge is -2.20. The van der Waals surface area contributed by atoms with Gasteiger partial charge in [0, 0.05) is 18.2 Å². The minimum absolute atomic E-state index is 0.168. The third-order valence-corrected chi connectivity index (χ3v) is 3.09. The molecule has 4 heteroatoms. The first-order chi connectivity index (χ1) is 8.74. The summed E-state index contributed by atoms with van der Waals surface area (Å²) in [6, 6.07) is 5.19. The number of phenolic OH excluding ortho intramolecular Hbond substituents is 1. The molecule has 0 aliphatic carbocycles. The van der Waals surface area contributed by atoms with Gasteiger partial charge in [0.25, 0.3) is 0 Å². The van der Waals surface area contributed by atoms with Gasteiger partial charge in [0.2, 0.25) is 0 Å². The van der Waals surface area contributed by atoms with Gasteiger partial charge in [-0.3, -0.25) is 0 Å². The molecule has 0 spiro atoms. The van der Waals surface area contributed by atoms with Crippen molar-refractivity contribution < 1.29 is 9.84 Å². The van der Waals surface area contributed by atoms with Crippen LogP contribution in [0.2, 0.25) is 0 Å².